The lowest BCUT2D eigenvalue weighted by molar-refractivity contribution is 0.122. The molecule has 8 heteroatoms. The number of anilines is 1. The van der Waals surface area contributed by atoms with Crippen molar-refractivity contribution in [1.82, 2.24) is 4.57 Å². The summed E-state index contributed by atoms with van der Waals surface area (Å²) in [5.74, 6) is -0.394. The molecule has 0 bridgehead atoms. The largest absolute Gasteiger partial charge is 0.508 e. The second-order valence-corrected chi connectivity index (χ2v) is 10.8. The van der Waals surface area contributed by atoms with Gasteiger partial charge in [-0.2, -0.15) is 0 Å². The van der Waals surface area contributed by atoms with Gasteiger partial charge < -0.3 is 35.2 Å². The highest BCUT2D eigenvalue weighted by Gasteiger charge is 2.38. The summed E-state index contributed by atoms with van der Waals surface area (Å²) in [5.41, 5.74) is 6.59. The molecule has 1 saturated heterocycles. The monoisotopic (exact) mass is 550 g/mol. The summed E-state index contributed by atoms with van der Waals surface area (Å²) in [6, 6.07) is 16.0. The maximum atomic E-state index is 11.6. The Kier molecular flexibility index (Phi) is 5.76. The van der Waals surface area contributed by atoms with Gasteiger partial charge >= 0.3 is 0 Å². The summed E-state index contributed by atoms with van der Waals surface area (Å²) < 4.78 is 6.90. The van der Waals surface area contributed by atoms with E-state index in [0.717, 1.165) is 29.9 Å². The van der Waals surface area contributed by atoms with Crippen LogP contribution in [0.2, 0.25) is 0 Å². The number of aromatic hydroxyl groups is 5. The predicted octanol–water partition coefficient (Wildman–Crippen LogP) is 5.32. The Labute approximate surface area is 236 Å². The number of phenolic OH excluding ortho intramolecular Hbond substituents is 3. The van der Waals surface area contributed by atoms with E-state index in [9.17, 15) is 25.5 Å². The molecule has 0 unspecified atom stereocenters. The fourth-order valence-electron chi connectivity index (χ4n) is 6.44. The molecule has 41 heavy (non-hydrogen) atoms. The third kappa shape index (κ3) is 3.86. The third-order valence-electron chi connectivity index (χ3n) is 8.47. The van der Waals surface area contributed by atoms with Crippen molar-refractivity contribution in [3.63, 3.8) is 0 Å². The van der Waals surface area contributed by atoms with Crippen LogP contribution >= 0.6 is 0 Å². The van der Waals surface area contributed by atoms with Gasteiger partial charge in [0, 0.05) is 41.4 Å². The molecular weight excluding hydrogens is 520 g/mol. The SMILES string of the molecule is Cc1cc(O)c2c(c1O)C=C1C(=CCc3c1c(O)n(-c1ccc(N4CCOCC4)cc1)c3O)[C@@H]2c1ccc(O)cc1. The number of allylic oxidation sites excluding steroid dienone is 3. The first-order valence-electron chi connectivity index (χ1n) is 13.7. The minimum atomic E-state index is -0.469. The lowest BCUT2D eigenvalue weighted by Crippen LogP contribution is -2.36. The predicted molar refractivity (Wildman–Crippen MR) is 156 cm³/mol. The van der Waals surface area contributed by atoms with Crippen LogP contribution in [0.1, 0.15) is 39.3 Å². The zero-order chi connectivity index (χ0) is 28.4. The highest BCUT2D eigenvalue weighted by molar-refractivity contribution is 6.02. The quantitative estimate of drug-likeness (QED) is 0.219. The number of nitrogens with zero attached hydrogens (tertiary/aromatic N) is 2. The number of rotatable bonds is 3. The van der Waals surface area contributed by atoms with Gasteiger partial charge in [-0.05, 0) is 84.2 Å². The van der Waals surface area contributed by atoms with Crippen LogP contribution in [0.3, 0.4) is 0 Å². The lowest BCUT2D eigenvalue weighted by atomic mass is 9.70. The molecule has 2 aliphatic carbocycles. The molecule has 0 amide bonds. The molecule has 1 aromatic heterocycles. The normalized spacial score (nSPS) is 17.8. The van der Waals surface area contributed by atoms with Crippen molar-refractivity contribution in [2.45, 2.75) is 19.3 Å². The summed E-state index contributed by atoms with van der Waals surface area (Å²) in [4.78, 5) is 2.24. The number of phenols is 3. The van der Waals surface area contributed by atoms with Crippen molar-refractivity contribution >= 4 is 17.3 Å². The minimum Gasteiger partial charge on any atom is -0.508 e. The lowest BCUT2D eigenvalue weighted by Gasteiger charge is -2.33. The molecule has 0 saturated carbocycles. The van der Waals surface area contributed by atoms with Gasteiger partial charge in [0.15, 0.2) is 0 Å². The van der Waals surface area contributed by atoms with E-state index in [1.807, 2.05) is 30.3 Å². The molecule has 0 spiro atoms. The van der Waals surface area contributed by atoms with Crippen LogP contribution in [0.4, 0.5) is 5.69 Å². The van der Waals surface area contributed by atoms with Crippen LogP contribution in [0.25, 0.3) is 17.3 Å². The van der Waals surface area contributed by atoms with Crippen LogP contribution in [-0.4, -0.2) is 56.4 Å². The first-order chi connectivity index (χ1) is 19.8. The van der Waals surface area contributed by atoms with Crippen molar-refractivity contribution in [1.29, 1.82) is 0 Å². The molecule has 0 radical (unpaired) electrons. The summed E-state index contributed by atoms with van der Waals surface area (Å²) in [7, 11) is 0. The van der Waals surface area contributed by atoms with Crippen LogP contribution in [0.5, 0.6) is 29.0 Å². The minimum absolute atomic E-state index is 0.0436. The standard InChI is InChI=1S/C33H30N2O6/c1-18-16-27(37)30-26(31(18)38)17-25-23(28(30)19-2-8-22(36)9-3-19)10-11-24-29(25)33(40)35(32(24)39)21-6-4-20(5-7-21)34-12-14-41-15-13-34/h2-10,16-17,28,36-40H,11-15H2,1H3/t28-/m0/s1. The Morgan fingerprint density at radius 1 is 0.829 bits per heavy atom. The fraction of sp³-hybridized carbons (Fsp3) is 0.212. The van der Waals surface area contributed by atoms with E-state index in [2.05, 4.69) is 4.90 Å². The molecule has 3 aromatic carbocycles. The van der Waals surface area contributed by atoms with Crippen molar-refractivity contribution in [2.75, 3.05) is 31.2 Å². The van der Waals surface area contributed by atoms with E-state index in [-0.39, 0.29) is 29.0 Å². The third-order valence-corrected chi connectivity index (χ3v) is 8.47. The first-order valence-corrected chi connectivity index (χ1v) is 13.7. The Hall–Kier alpha value is -4.82. The van der Waals surface area contributed by atoms with E-state index >= 15 is 0 Å². The summed E-state index contributed by atoms with van der Waals surface area (Å²) in [6.45, 7) is 4.70. The number of ether oxygens (including phenoxy) is 1. The molecule has 1 fully saturated rings. The number of aryl methyl sites for hydroxylation is 1. The molecule has 4 aromatic rings. The molecule has 1 atom stereocenters. The number of hydrogen-bond acceptors (Lipinski definition) is 7. The van der Waals surface area contributed by atoms with E-state index in [1.165, 1.54) is 4.57 Å². The smallest absolute Gasteiger partial charge is 0.207 e. The van der Waals surface area contributed by atoms with Gasteiger partial charge in [0.1, 0.15) is 17.2 Å². The van der Waals surface area contributed by atoms with Gasteiger partial charge in [-0.1, -0.05) is 18.2 Å². The van der Waals surface area contributed by atoms with Crippen LogP contribution < -0.4 is 4.90 Å². The summed E-state index contributed by atoms with van der Waals surface area (Å²) >= 11 is 0. The van der Waals surface area contributed by atoms with Gasteiger partial charge in [0.25, 0.3) is 0 Å². The van der Waals surface area contributed by atoms with Gasteiger partial charge in [-0.15, -0.1) is 0 Å². The van der Waals surface area contributed by atoms with Crippen LogP contribution in [-0.2, 0) is 11.2 Å². The number of benzene rings is 3. The number of fused-ring (bicyclic) bond motifs is 4. The molecule has 7 rings (SSSR count). The Morgan fingerprint density at radius 2 is 1.51 bits per heavy atom. The molecule has 3 aliphatic rings. The van der Waals surface area contributed by atoms with Crippen molar-refractivity contribution < 1.29 is 30.3 Å². The number of hydrogen-bond donors (Lipinski definition) is 5. The van der Waals surface area contributed by atoms with Gasteiger partial charge in [0.2, 0.25) is 11.8 Å². The zero-order valence-corrected chi connectivity index (χ0v) is 22.5. The highest BCUT2D eigenvalue weighted by Crippen LogP contribution is 2.56. The topological polar surface area (TPSA) is 119 Å². The molecule has 8 nitrogen and oxygen atoms in total. The fourth-order valence-corrected chi connectivity index (χ4v) is 6.44. The second kappa shape index (κ2) is 9.38. The molecular formula is C33H30N2O6. The van der Waals surface area contributed by atoms with E-state index < -0.39 is 5.92 Å². The van der Waals surface area contributed by atoms with Crippen LogP contribution in [0.15, 0.2) is 66.2 Å². The number of morpholine rings is 1. The van der Waals surface area contributed by atoms with Gasteiger partial charge in [0.05, 0.1) is 24.5 Å². The number of aromatic nitrogens is 1. The highest BCUT2D eigenvalue weighted by atomic mass is 16.5. The summed E-state index contributed by atoms with van der Waals surface area (Å²) in [5, 5.41) is 55.1. The zero-order valence-electron chi connectivity index (χ0n) is 22.5. The Bertz CT molecular complexity index is 1740. The Balaban J connectivity index is 1.38. The Morgan fingerprint density at radius 3 is 2.22 bits per heavy atom. The maximum Gasteiger partial charge on any atom is 0.207 e. The second-order valence-electron chi connectivity index (χ2n) is 10.8. The van der Waals surface area contributed by atoms with Gasteiger partial charge in [-0.25, -0.2) is 0 Å². The molecule has 1 aliphatic heterocycles. The van der Waals surface area contributed by atoms with E-state index in [4.69, 9.17) is 4.74 Å². The maximum absolute atomic E-state index is 11.6. The summed E-state index contributed by atoms with van der Waals surface area (Å²) in [6.07, 6.45) is 4.14. The van der Waals surface area contributed by atoms with E-state index in [1.54, 1.807) is 43.3 Å². The van der Waals surface area contributed by atoms with Crippen molar-refractivity contribution in [3.05, 3.63) is 99.6 Å². The van der Waals surface area contributed by atoms with E-state index in [0.29, 0.717) is 58.7 Å². The van der Waals surface area contributed by atoms with Crippen molar-refractivity contribution in [2.24, 2.45) is 0 Å². The average molecular weight is 551 g/mol. The molecule has 2 heterocycles. The molecule has 5 N–H and O–H groups in total. The van der Waals surface area contributed by atoms with Crippen LogP contribution in [0, 0.1) is 6.92 Å². The first kappa shape index (κ1) is 25.2. The average Bonchev–Trinajstić information content (AvgIpc) is 3.25. The molecule has 208 valence electrons. The van der Waals surface area contributed by atoms with Gasteiger partial charge in [-0.3, -0.25) is 4.57 Å². The van der Waals surface area contributed by atoms with Crippen molar-refractivity contribution in [3.8, 4) is 34.7 Å².